The second-order valence-corrected chi connectivity index (χ2v) is 7.92. The van der Waals surface area contributed by atoms with E-state index in [1.54, 1.807) is 0 Å². The highest BCUT2D eigenvalue weighted by Crippen LogP contribution is 2.52. The lowest BCUT2D eigenvalue weighted by molar-refractivity contribution is -0.120. The maximum absolute atomic E-state index is 11.6. The molecular weight excluding hydrogens is 308 g/mol. The van der Waals surface area contributed by atoms with Gasteiger partial charge >= 0.3 is 0 Å². The standard InChI is InChI=1S/C19H29ClN2O/c1-18(9-12-22-13-10-21-11-14-22)7-2-3-8-19(18,23)16-5-4-6-17(20)15-16/h4-6,15,21,23H,2-3,7-14H2,1H3. The Labute approximate surface area is 145 Å². The predicted molar refractivity (Wildman–Crippen MR) is 95.9 cm³/mol. The molecule has 128 valence electrons. The summed E-state index contributed by atoms with van der Waals surface area (Å²) in [6.45, 7) is 7.73. The van der Waals surface area contributed by atoms with Gasteiger partial charge in [0.2, 0.25) is 0 Å². The summed E-state index contributed by atoms with van der Waals surface area (Å²) in [7, 11) is 0. The Bertz CT molecular complexity index is 532. The van der Waals surface area contributed by atoms with E-state index < -0.39 is 5.60 Å². The number of hydrogen-bond acceptors (Lipinski definition) is 3. The lowest BCUT2D eigenvalue weighted by Crippen LogP contribution is -2.50. The summed E-state index contributed by atoms with van der Waals surface area (Å²) in [6, 6.07) is 7.84. The van der Waals surface area contributed by atoms with E-state index in [1.807, 2.05) is 24.3 Å². The van der Waals surface area contributed by atoms with Crippen LogP contribution in [0.5, 0.6) is 0 Å². The van der Waals surface area contributed by atoms with Gasteiger partial charge in [-0.2, -0.15) is 0 Å². The van der Waals surface area contributed by atoms with Crippen LogP contribution >= 0.6 is 11.6 Å². The van der Waals surface area contributed by atoms with Crippen molar-refractivity contribution < 1.29 is 5.11 Å². The third-order valence-electron chi connectivity index (χ3n) is 6.01. The fourth-order valence-electron chi connectivity index (χ4n) is 4.31. The summed E-state index contributed by atoms with van der Waals surface area (Å²) in [5.41, 5.74) is 0.151. The van der Waals surface area contributed by atoms with E-state index in [1.165, 1.54) is 6.42 Å². The smallest absolute Gasteiger partial charge is 0.0950 e. The maximum Gasteiger partial charge on any atom is 0.0950 e. The normalized spacial score (nSPS) is 32.8. The zero-order chi connectivity index (χ0) is 16.3. The Balaban J connectivity index is 1.78. The van der Waals surface area contributed by atoms with E-state index in [9.17, 15) is 5.11 Å². The molecule has 2 unspecified atom stereocenters. The number of nitrogens with zero attached hydrogens (tertiary/aromatic N) is 1. The van der Waals surface area contributed by atoms with Gasteiger partial charge in [0, 0.05) is 36.6 Å². The lowest BCUT2D eigenvalue weighted by atomic mass is 9.60. The summed E-state index contributed by atoms with van der Waals surface area (Å²) in [5.74, 6) is 0. The van der Waals surface area contributed by atoms with Crippen LogP contribution < -0.4 is 5.32 Å². The van der Waals surface area contributed by atoms with Crippen LogP contribution in [0.15, 0.2) is 24.3 Å². The predicted octanol–water partition coefficient (Wildman–Crippen LogP) is 3.40. The van der Waals surface area contributed by atoms with E-state index in [-0.39, 0.29) is 5.41 Å². The molecule has 3 rings (SSSR count). The summed E-state index contributed by atoms with van der Waals surface area (Å²) in [4.78, 5) is 2.52. The first-order chi connectivity index (χ1) is 11.0. The molecule has 0 amide bonds. The summed E-state index contributed by atoms with van der Waals surface area (Å²) < 4.78 is 0. The van der Waals surface area contributed by atoms with Crippen molar-refractivity contribution in [3.05, 3.63) is 34.9 Å². The van der Waals surface area contributed by atoms with E-state index in [4.69, 9.17) is 11.6 Å². The first-order valence-corrected chi connectivity index (χ1v) is 9.33. The molecule has 2 aliphatic rings. The minimum absolute atomic E-state index is 0.0825. The van der Waals surface area contributed by atoms with Gasteiger partial charge in [-0.05, 0) is 43.5 Å². The molecule has 4 heteroatoms. The largest absolute Gasteiger partial charge is 0.385 e. The van der Waals surface area contributed by atoms with Crippen LogP contribution in [0.4, 0.5) is 0 Å². The third-order valence-corrected chi connectivity index (χ3v) is 6.24. The van der Waals surface area contributed by atoms with Gasteiger partial charge in [-0.3, -0.25) is 0 Å². The van der Waals surface area contributed by atoms with Crippen LogP contribution in [0.2, 0.25) is 5.02 Å². The minimum atomic E-state index is -0.760. The van der Waals surface area contributed by atoms with Crippen LogP contribution in [0.1, 0.15) is 44.6 Å². The van der Waals surface area contributed by atoms with Crippen molar-refractivity contribution in [3.63, 3.8) is 0 Å². The highest BCUT2D eigenvalue weighted by molar-refractivity contribution is 6.30. The fourth-order valence-corrected chi connectivity index (χ4v) is 4.50. The molecule has 0 bridgehead atoms. The number of nitrogens with one attached hydrogen (secondary N) is 1. The molecule has 2 atom stereocenters. The van der Waals surface area contributed by atoms with Gasteiger partial charge in [-0.1, -0.05) is 43.5 Å². The highest BCUT2D eigenvalue weighted by Gasteiger charge is 2.49. The van der Waals surface area contributed by atoms with Gasteiger partial charge in [0.1, 0.15) is 0 Å². The van der Waals surface area contributed by atoms with E-state index >= 15 is 0 Å². The molecule has 0 aromatic heterocycles. The maximum atomic E-state index is 11.6. The molecule has 0 spiro atoms. The van der Waals surface area contributed by atoms with Crippen LogP contribution in [0.3, 0.4) is 0 Å². The lowest BCUT2D eigenvalue weighted by Gasteiger charge is -2.50. The molecule has 2 fully saturated rings. The van der Waals surface area contributed by atoms with Gasteiger partial charge in [-0.25, -0.2) is 0 Å². The number of piperazine rings is 1. The molecule has 2 N–H and O–H groups in total. The molecule has 3 nitrogen and oxygen atoms in total. The molecule has 1 heterocycles. The van der Waals surface area contributed by atoms with Crippen LogP contribution in [0, 0.1) is 5.41 Å². The SMILES string of the molecule is CC1(CCN2CCNCC2)CCCCC1(O)c1cccc(Cl)c1. The number of hydrogen-bond donors (Lipinski definition) is 2. The Hall–Kier alpha value is -0.610. The average molecular weight is 337 g/mol. The fraction of sp³-hybridized carbons (Fsp3) is 0.684. The number of aliphatic hydroxyl groups is 1. The second kappa shape index (κ2) is 7.10. The van der Waals surface area contributed by atoms with Crippen molar-refractivity contribution in [2.75, 3.05) is 32.7 Å². The molecule has 1 aliphatic heterocycles. The van der Waals surface area contributed by atoms with E-state index in [0.717, 1.165) is 64.0 Å². The third kappa shape index (κ3) is 3.58. The van der Waals surface area contributed by atoms with Crippen molar-refractivity contribution in [1.82, 2.24) is 10.2 Å². The van der Waals surface area contributed by atoms with E-state index in [0.29, 0.717) is 5.02 Å². The molecule has 1 saturated heterocycles. The number of benzene rings is 1. The monoisotopic (exact) mass is 336 g/mol. The molecule has 1 saturated carbocycles. The van der Waals surface area contributed by atoms with Gasteiger partial charge in [0.15, 0.2) is 0 Å². The number of rotatable bonds is 4. The first kappa shape index (κ1) is 17.2. The van der Waals surface area contributed by atoms with Crippen molar-refractivity contribution in [2.45, 2.75) is 44.6 Å². The van der Waals surface area contributed by atoms with Crippen molar-refractivity contribution >= 4 is 11.6 Å². The number of halogens is 1. The molecular formula is C19H29ClN2O. The summed E-state index contributed by atoms with van der Waals surface area (Å²) >= 11 is 6.19. The van der Waals surface area contributed by atoms with Crippen LogP contribution in [0.25, 0.3) is 0 Å². The Morgan fingerprint density at radius 2 is 1.96 bits per heavy atom. The van der Waals surface area contributed by atoms with Gasteiger partial charge in [0.25, 0.3) is 0 Å². The van der Waals surface area contributed by atoms with Crippen molar-refractivity contribution in [2.24, 2.45) is 5.41 Å². The van der Waals surface area contributed by atoms with Crippen LogP contribution in [-0.2, 0) is 5.60 Å². The van der Waals surface area contributed by atoms with Crippen LogP contribution in [-0.4, -0.2) is 42.7 Å². The minimum Gasteiger partial charge on any atom is -0.385 e. The Morgan fingerprint density at radius 1 is 1.22 bits per heavy atom. The quantitative estimate of drug-likeness (QED) is 0.884. The van der Waals surface area contributed by atoms with Gasteiger partial charge in [0.05, 0.1) is 5.60 Å². The first-order valence-electron chi connectivity index (χ1n) is 8.95. The summed E-state index contributed by atoms with van der Waals surface area (Å²) in [6.07, 6.45) is 5.26. The molecule has 1 aliphatic carbocycles. The molecule has 1 aromatic rings. The van der Waals surface area contributed by atoms with Crippen molar-refractivity contribution in [3.8, 4) is 0 Å². The average Bonchev–Trinajstić information content (AvgIpc) is 2.57. The Morgan fingerprint density at radius 3 is 2.70 bits per heavy atom. The Kier molecular flexibility index (Phi) is 5.32. The summed E-state index contributed by atoms with van der Waals surface area (Å²) in [5, 5.41) is 15.7. The van der Waals surface area contributed by atoms with Crippen molar-refractivity contribution in [1.29, 1.82) is 0 Å². The molecule has 23 heavy (non-hydrogen) atoms. The molecule has 1 aromatic carbocycles. The van der Waals surface area contributed by atoms with Gasteiger partial charge in [-0.15, -0.1) is 0 Å². The topological polar surface area (TPSA) is 35.5 Å². The molecule has 0 radical (unpaired) electrons. The zero-order valence-electron chi connectivity index (χ0n) is 14.2. The second-order valence-electron chi connectivity index (χ2n) is 7.48. The van der Waals surface area contributed by atoms with E-state index in [2.05, 4.69) is 17.1 Å². The highest BCUT2D eigenvalue weighted by atomic mass is 35.5. The zero-order valence-corrected chi connectivity index (χ0v) is 14.9. The van der Waals surface area contributed by atoms with Gasteiger partial charge < -0.3 is 15.3 Å².